The molecule has 102 valence electrons. The van der Waals surface area contributed by atoms with Crippen molar-refractivity contribution in [3.63, 3.8) is 0 Å². The smallest absolute Gasteiger partial charge is 0.305 e. The predicted octanol–water partition coefficient (Wildman–Crippen LogP) is 2.38. The van der Waals surface area contributed by atoms with E-state index < -0.39 is 5.97 Å². The summed E-state index contributed by atoms with van der Waals surface area (Å²) in [5.41, 5.74) is 2.77. The molecule has 1 unspecified atom stereocenters. The van der Waals surface area contributed by atoms with E-state index in [4.69, 9.17) is 5.11 Å². The molecule has 0 spiro atoms. The first-order valence-corrected chi connectivity index (χ1v) is 6.58. The quantitative estimate of drug-likeness (QED) is 0.908. The molecule has 4 nitrogen and oxygen atoms in total. The Labute approximate surface area is 113 Å². The molecule has 4 heteroatoms. The van der Waals surface area contributed by atoms with E-state index in [1.54, 1.807) is 4.90 Å². The van der Waals surface area contributed by atoms with Gasteiger partial charge in [0.15, 0.2) is 0 Å². The third kappa shape index (κ3) is 3.13. The van der Waals surface area contributed by atoms with E-state index in [1.165, 1.54) is 0 Å². The Kier molecular flexibility index (Phi) is 3.88. The fourth-order valence-electron chi connectivity index (χ4n) is 2.78. The van der Waals surface area contributed by atoms with Gasteiger partial charge in [-0.05, 0) is 38.8 Å². The van der Waals surface area contributed by atoms with Gasteiger partial charge < -0.3 is 10.0 Å². The molecular formula is C15H19NO3. The number of hydrogen-bond donors (Lipinski definition) is 1. The second kappa shape index (κ2) is 5.43. The van der Waals surface area contributed by atoms with E-state index in [0.717, 1.165) is 24.0 Å². The summed E-state index contributed by atoms with van der Waals surface area (Å²) in [6.07, 6.45) is 1.70. The maximum absolute atomic E-state index is 12.5. The SMILES string of the molecule is Cc1cc(C)cc(C(=O)N2CCCC2CC(=O)O)c1. The Morgan fingerprint density at radius 2 is 1.89 bits per heavy atom. The van der Waals surface area contributed by atoms with Crippen molar-refractivity contribution in [2.24, 2.45) is 0 Å². The maximum Gasteiger partial charge on any atom is 0.305 e. The van der Waals surface area contributed by atoms with Gasteiger partial charge in [0.05, 0.1) is 6.42 Å². The number of rotatable bonds is 3. The monoisotopic (exact) mass is 261 g/mol. The molecule has 0 bridgehead atoms. The van der Waals surface area contributed by atoms with Gasteiger partial charge in [-0.1, -0.05) is 17.2 Å². The van der Waals surface area contributed by atoms with Crippen LogP contribution in [0.15, 0.2) is 18.2 Å². The number of aliphatic carboxylic acids is 1. The van der Waals surface area contributed by atoms with Crippen molar-refractivity contribution in [2.75, 3.05) is 6.54 Å². The van der Waals surface area contributed by atoms with Gasteiger partial charge in [0.1, 0.15) is 0 Å². The normalized spacial score (nSPS) is 18.6. The molecule has 1 fully saturated rings. The lowest BCUT2D eigenvalue weighted by atomic mass is 10.1. The minimum absolute atomic E-state index is 0.0382. The van der Waals surface area contributed by atoms with Crippen LogP contribution in [0.5, 0.6) is 0 Å². The Hall–Kier alpha value is -1.84. The Bertz CT molecular complexity index is 490. The molecule has 1 aromatic carbocycles. The van der Waals surface area contributed by atoms with Gasteiger partial charge in [-0.3, -0.25) is 9.59 Å². The van der Waals surface area contributed by atoms with Crippen LogP contribution >= 0.6 is 0 Å². The highest BCUT2D eigenvalue weighted by Gasteiger charge is 2.30. The molecule has 0 aliphatic carbocycles. The fraction of sp³-hybridized carbons (Fsp3) is 0.467. The van der Waals surface area contributed by atoms with Gasteiger partial charge in [0.25, 0.3) is 5.91 Å². The Balaban J connectivity index is 2.20. The molecule has 1 atom stereocenters. The maximum atomic E-state index is 12.5. The van der Waals surface area contributed by atoms with Crippen LogP contribution in [-0.2, 0) is 4.79 Å². The molecule has 0 radical (unpaired) electrons. The van der Waals surface area contributed by atoms with Gasteiger partial charge in [-0.25, -0.2) is 0 Å². The number of nitrogens with zero attached hydrogens (tertiary/aromatic N) is 1. The molecule has 2 rings (SSSR count). The van der Waals surface area contributed by atoms with E-state index in [1.807, 2.05) is 32.0 Å². The lowest BCUT2D eigenvalue weighted by Gasteiger charge is -2.23. The number of carboxylic acid groups (broad SMARTS) is 1. The third-order valence-electron chi connectivity index (χ3n) is 3.52. The highest BCUT2D eigenvalue weighted by atomic mass is 16.4. The average Bonchev–Trinajstić information content (AvgIpc) is 2.73. The first-order chi connectivity index (χ1) is 8.97. The Morgan fingerprint density at radius 1 is 1.26 bits per heavy atom. The number of hydrogen-bond acceptors (Lipinski definition) is 2. The molecular weight excluding hydrogens is 242 g/mol. The van der Waals surface area contributed by atoms with Crippen LogP contribution in [0.2, 0.25) is 0 Å². The average molecular weight is 261 g/mol. The highest BCUT2D eigenvalue weighted by Crippen LogP contribution is 2.23. The molecule has 1 aliphatic rings. The topological polar surface area (TPSA) is 57.6 Å². The fourth-order valence-corrected chi connectivity index (χ4v) is 2.78. The minimum Gasteiger partial charge on any atom is -0.481 e. The highest BCUT2D eigenvalue weighted by molar-refractivity contribution is 5.95. The van der Waals surface area contributed by atoms with Crippen molar-refractivity contribution in [1.82, 2.24) is 4.90 Å². The number of carboxylic acids is 1. The molecule has 0 saturated carbocycles. The molecule has 1 saturated heterocycles. The number of likely N-dealkylation sites (tertiary alicyclic amines) is 1. The number of amides is 1. The van der Waals surface area contributed by atoms with Crippen LogP contribution in [0, 0.1) is 13.8 Å². The molecule has 0 aromatic heterocycles. The van der Waals surface area contributed by atoms with Crippen molar-refractivity contribution in [3.05, 3.63) is 34.9 Å². The van der Waals surface area contributed by atoms with Crippen LogP contribution in [0.3, 0.4) is 0 Å². The van der Waals surface area contributed by atoms with Gasteiger partial charge in [-0.2, -0.15) is 0 Å². The third-order valence-corrected chi connectivity index (χ3v) is 3.52. The van der Waals surface area contributed by atoms with Crippen LogP contribution in [-0.4, -0.2) is 34.5 Å². The zero-order valence-corrected chi connectivity index (χ0v) is 11.3. The molecule has 1 heterocycles. The summed E-state index contributed by atoms with van der Waals surface area (Å²) in [6.45, 7) is 4.58. The van der Waals surface area contributed by atoms with Crippen LogP contribution < -0.4 is 0 Å². The zero-order valence-electron chi connectivity index (χ0n) is 11.3. The van der Waals surface area contributed by atoms with Crippen molar-refractivity contribution >= 4 is 11.9 Å². The second-order valence-electron chi connectivity index (χ2n) is 5.27. The number of carbonyl (C=O) groups excluding carboxylic acids is 1. The van der Waals surface area contributed by atoms with Gasteiger partial charge in [0.2, 0.25) is 0 Å². The van der Waals surface area contributed by atoms with Gasteiger partial charge >= 0.3 is 5.97 Å². The molecule has 1 aromatic rings. The molecule has 1 amide bonds. The summed E-state index contributed by atoms with van der Waals surface area (Å²) in [7, 11) is 0. The molecule has 19 heavy (non-hydrogen) atoms. The van der Waals surface area contributed by atoms with Crippen molar-refractivity contribution < 1.29 is 14.7 Å². The van der Waals surface area contributed by atoms with Gasteiger partial charge in [0, 0.05) is 18.2 Å². The predicted molar refractivity (Wildman–Crippen MR) is 72.2 cm³/mol. The standard InChI is InChI=1S/C15H19NO3/c1-10-6-11(2)8-12(7-10)15(19)16-5-3-4-13(16)9-14(17)18/h6-8,13H,3-5,9H2,1-2H3,(H,17,18). The largest absolute Gasteiger partial charge is 0.481 e. The minimum atomic E-state index is -0.842. The molecule has 1 aliphatic heterocycles. The lowest BCUT2D eigenvalue weighted by Crippen LogP contribution is -2.36. The summed E-state index contributed by atoms with van der Waals surface area (Å²) in [5.74, 6) is -0.888. The number of carbonyl (C=O) groups is 2. The first-order valence-electron chi connectivity index (χ1n) is 6.58. The summed E-state index contributed by atoms with van der Waals surface area (Å²) < 4.78 is 0. The van der Waals surface area contributed by atoms with Crippen molar-refractivity contribution in [3.8, 4) is 0 Å². The van der Waals surface area contributed by atoms with Gasteiger partial charge in [-0.15, -0.1) is 0 Å². The van der Waals surface area contributed by atoms with E-state index in [2.05, 4.69) is 0 Å². The zero-order chi connectivity index (χ0) is 14.0. The van der Waals surface area contributed by atoms with Crippen molar-refractivity contribution in [2.45, 2.75) is 39.2 Å². The van der Waals surface area contributed by atoms with Crippen LogP contribution in [0.1, 0.15) is 40.7 Å². The number of benzene rings is 1. The lowest BCUT2D eigenvalue weighted by molar-refractivity contribution is -0.137. The van der Waals surface area contributed by atoms with E-state index >= 15 is 0 Å². The summed E-state index contributed by atoms with van der Waals surface area (Å²) in [6, 6.07) is 5.60. The van der Waals surface area contributed by atoms with E-state index in [0.29, 0.717) is 12.1 Å². The number of aryl methyl sites for hydroxylation is 2. The summed E-state index contributed by atoms with van der Waals surface area (Å²) in [4.78, 5) is 25.0. The second-order valence-corrected chi connectivity index (χ2v) is 5.27. The van der Waals surface area contributed by atoms with Crippen molar-refractivity contribution in [1.29, 1.82) is 0 Å². The van der Waals surface area contributed by atoms with Crippen LogP contribution in [0.4, 0.5) is 0 Å². The summed E-state index contributed by atoms with van der Waals surface area (Å²) in [5, 5.41) is 8.89. The Morgan fingerprint density at radius 3 is 2.47 bits per heavy atom. The van der Waals surface area contributed by atoms with Crippen LogP contribution in [0.25, 0.3) is 0 Å². The van der Waals surface area contributed by atoms with E-state index in [-0.39, 0.29) is 18.4 Å². The first kappa shape index (κ1) is 13.6. The molecule has 1 N–H and O–H groups in total. The summed E-state index contributed by atoms with van der Waals surface area (Å²) >= 11 is 0. The van der Waals surface area contributed by atoms with E-state index in [9.17, 15) is 9.59 Å².